The first kappa shape index (κ1) is 26.6. The van der Waals surface area contributed by atoms with Gasteiger partial charge in [-0.3, -0.25) is 9.89 Å². The summed E-state index contributed by atoms with van der Waals surface area (Å²) in [5, 5.41) is 0. The highest BCUT2D eigenvalue weighted by atomic mass is 32.2. The summed E-state index contributed by atoms with van der Waals surface area (Å²) in [6.07, 6.45) is 1.59. The van der Waals surface area contributed by atoms with Crippen molar-refractivity contribution in [2.45, 2.75) is 40.3 Å². The highest BCUT2D eigenvalue weighted by molar-refractivity contribution is 7.90. The Bertz CT molecular complexity index is 1100. The molecule has 1 heterocycles. The van der Waals surface area contributed by atoms with Crippen LogP contribution in [0.5, 0.6) is 0 Å². The number of aryl methyl sites for hydroxylation is 1. The maximum absolute atomic E-state index is 12.9. The fourth-order valence-corrected chi connectivity index (χ4v) is 5.51. The highest BCUT2D eigenvalue weighted by Crippen LogP contribution is 2.26. The number of rotatable bonds is 10. The molecular formula is C29H38N4OS. The van der Waals surface area contributed by atoms with Gasteiger partial charge in [0, 0.05) is 43.6 Å². The molecule has 6 heteroatoms. The van der Waals surface area contributed by atoms with Crippen molar-refractivity contribution in [3.63, 3.8) is 0 Å². The Labute approximate surface area is 213 Å². The number of hydrogen-bond acceptors (Lipinski definition) is 4. The van der Waals surface area contributed by atoms with Crippen LogP contribution in [-0.2, 0) is 17.5 Å². The maximum Gasteiger partial charge on any atom is 0.152 e. The van der Waals surface area contributed by atoms with E-state index in [2.05, 4.69) is 77.5 Å². The van der Waals surface area contributed by atoms with Gasteiger partial charge in [0.05, 0.1) is 10.6 Å². The molecule has 1 fully saturated rings. The molecule has 1 aliphatic heterocycles. The molecule has 2 unspecified atom stereocenters. The number of piperazine rings is 1. The zero-order chi connectivity index (χ0) is 25.5. The van der Waals surface area contributed by atoms with Crippen molar-refractivity contribution in [3.05, 3.63) is 95.1 Å². The van der Waals surface area contributed by atoms with E-state index in [0.717, 1.165) is 43.1 Å². The van der Waals surface area contributed by atoms with Gasteiger partial charge in [0.15, 0.2) is 11.0 Å². The second-order valence-electron chi connectivity index (χ2n) is 9.42. The number of hydrogen-bond donors (Lipinski definition) is 1. The smallest absolute Gasteiger partial charge is 0.152 e. The summed E-state index contributed by atoms with van der Waals surface area (Å²) in [6.45, 7) is 24.1. The molecule has 35 heavy (non-hydrogen) atoms. The molecule has 0 saturated carbocycles. The summed E-state index contributed by atoms with van der Waals surface area (Å²) in [4.78, 5) is 9.50. The number of nitrogens with zero attached hydrogens (tertiary/aromatic N) is 3. The van der Waals surface area contributed by atoms with Crippen LogP contribution >= 0.6 is 0 Å². The predicted molar refractivity (Wildman–Crippen MR) is 151 cm³/mol. The van der Waals surface area contributed by atoms with Crippen LogP contribution in [0.3, 0.4) is 0 Å². The number of nitrogens with one attached hydrogen (secondary N) is 1. The molecule has 0 radical (unpaired) electrons. The second kappa shape index (κ2) is 12.1. The lowest BCUT2D eigenvalue weighted by Crippen LogP contribution is -2.50. The Morgan fingerprint density at radius 1 is 1.17 bits per heavy atom. The van der Waals surface area contributed by atoms with Crippen LogP contribution in [0, 0.1) is 12.8 Å². The third-order valence-electron chi connectivity index (χ3n) is 6.37. The van der Waals surface area contributed by atoms with E-state index in [1.54, 1.807) is 6.08 Å². The molecule has 0 aromatic heterocycles. The van der Waals surface area contributed by atoms with Crippen molar-refractivity contribution in [1.29, 1.82) is 0 Å². The fraction of sp³-hybridized carbons (Fsp3) is 0.345. The summed E-state index contributed by atoms with van der Waals surface area (Å²) in [7, 11) is -1.47. The van der Waals surface area contributed by atoms with Crippen LogP contribution in [0.4, 0.5) is 5.69 Å². The van der Waals surface area contributed by atoms with E-state index in [0.29, 0.717) is 16.6 Å². The van der Waals surface area contributed by atoms with Crippen LogP contribution in [-0.4, -0.2) is 46.4 Å². The summed E-state index contributed by atoms with van der Waals surface area (Å²) in [5.74, 6) is 0.108. The SMILES string of the molecule is C=C/C(=C(/N=C)C(C)C)S(=O)Nc1ccc(C(=C)N2CCN(Cc3ccc(C)cc3)CC2C)cc1. The minimum Gasteiger partial charge on any atom is -0.366 e. The van der Waals surface area contributed by atoms with Crippen LogP contribution in [0.25, 0.3) is 5.70 Å². The fourth-order valence-electron chi connectivity index (χ4n) is 4.41. The van der Waals surface area contributed by atoms with Crippen molar-refractivity contribution in [1.82, 2.24) is 9.80 Å². The summed E-state index contributed by atoms with van der Waals surface area (Å²) < 4.78 is 15.9. The lowest BCUT2D eigenvalue weighted by Gasteiger charge is -2.42. The van der Waals surface area contributed by atoms with Crippen LogP contribution < -0.4 is 4.72 Å². The van der Waals surface area contributed by atoms with E-state index >= 15 is 0 Å². The summed E-state index contributed by atoms with van der Waals surface area (Å²) in [5.41, 5.74) is 6.19. The Morgan fingerprint density at radius 2 is 1.83 bits per heavy atom. The first-order valence-corrected chi connectivity index (χ1v) is 13.2. The van der Waals surface area contributed by atoms with Gasteiger partial charge in [0.2, 0.25) is 0 Å². The molecule has 5 nitrogen and oxygen atoms in total. The first-order chi connectivity index (χ1) is 16.7. The van der Waals surface area contributed by atoms with Crippen LogP contribution in [0.2, 0.25) is 0 Å². The summed E-state index contributed by atoms with van der Waals surface area (Å²) in [6, 6.07) is 17.1. The topological polar surface area (TPSA) is 47.9 Å². The lowest BCUT2D eigenvalue weighted by molar-refractivity contribution is 0.123. The van der Waals surface area contributed by atoms with Gasteiger partial charge in [-0.2, -0.15) is 0 Å². The second-order valence-corrected chi connectivity index (χ2v) is 10.6. The van der Waals surface area contributed by atoms with Crippen molar-refractivity contribution in [2.24, 2.45) is 10.9 Å². The van der Waals surface area contributed by atoms with Gasteiger partial charge >= 0.3 is 0 Å². The third-order valence-corrected chi connectivity index (χ3v) is 7.56. The van der Waals surface area contributed by atoms with Gasteiger partial charge in [-0.05, 0) is 55.8 Å². The first-order valence-electron chi connectivity index (χ1n) is 12.1. The molecule has 0 aliphatic carbocycles. The van der Waals surface area contributed by atoms with E-state index < -0.39 is 11.0 Å². The van der Waals surface area contributed by atoms with Crippen LogP contribution in [0.1, 0.15) is 37.5 Å². The van der Waals surface area contributed by atoms with E-state index in [1.165, 1.54) is 11.1 Å². The van der Waals surface area contributed by atoms with Crippen molar-refractivity contribution in [3.8, 4) is 0 Å². The van der Waals surface area contributed by atoms with Crippen molar-refractivity contribution >= 4 is 29.1 Å². The Morgan fingerprint density at radius 3 is 2.37 bits per heavy atom. The highest BCUT2D eigenvalue weighted by Gasteiger charge is 2.25. The number of benzene rings is 2. The maximum atomic E-state index is 12.9. The quantitative estimate of drug-likeness (QED) is 0.328. The van der Waals surface area contributed by atoms with Crippen molar-refractivity contribution < 1.29 is 4.21 Å². The molecule has 1 N–H and O–H groups in total. The zero-order valence-corrected chi connectivity index (χ0v) is 22.3. The number of aliphatic imine (C=N–C) groups is 1. The Balaban J connectivity index is 1.61. The largest absolute Gasteiger partial charge is 0.366 e. The van der Waals surface area contributed by atoms with Gasteiger partial charge < -0.3 is 9.62 Å². The standard InChI is InChI=1S/C29H38N4OS/c1-8-28(29(30-7)21(2)3)35(34)31-27-15-13-26(14-16-27)24(6)33-18-17-32(19-23(33)5)20-25-11-9-22(4)10-12-25/h8-16,21,23,31H,1,6-7,17-20H2,2-5H3/b29-28-. The molecule has 0 spiro atoms. The minimum atomic E-state index is -1.47. The molecule has 186 valence electrons. The molecular weight excluding hydrogens is 452 g/mol. The molecule has 1 aliphatic rings. The van der Waals surface area contributed by atoms with E-state index in [9.17, 15) is 4.21 Å². The monoisotopic (exact) mass is 490 g/mol. The minimum absolute atomic E-state index is 0.108. The summed E-state index contributed by atoms with van der Waals surface area (Å²) >= 11 is 0. The molecule has 2 aromatic carbocycles. The Kier molecular flexibility index (Phi) is 9.24. The van der Waals surface area contributed by atoms with E-state index in [4.69, 9.17) is 0 Å². The normalized spacial score (nSPS) is 18.1. The Hall–Kier alpha value is -2.96. The average molecular weight is 491 g/mol. The van der Waals surface area contributed by atoms with Crippen LogP contribution in [0.15, 0.2) is 83.4 Å². The van der Waals surface area contributed by atoms with Crippen molar-refractivity contribution in [2.75, 3.05) is 24.4 Å². The lowest BCUT2D eigenvalue weighted by atomic mass is 10.1. The number of anilines is 1. The van der Waals surface area contributed by atoms with Gasteiger partial charge in [-0.1, -0.05) is 69.0 Å². The molecule has 2 atom stereocenters. The van der Waals surface area contributed by atoms with Gasteiger partial charge in [-0.15, -0.1) is 0 Å². The van der Waals surface area contributed by atoms with Gasteiger partial charge in [-0.25, -0.2) is 4.21 Å². The third kappa shape index (κ3) is 6.80. The molecule has 0 amide bonds. The zero-order valence-electron chi connectivity index (χ0n) is 21.5. The molecule has 2 aromatic rings. The molecule has 1 saturated heterocycles. The molecule has 3 rings (SSSR count). The number of allylic oxidation sites excluding steroid dienone is 2. The molecule has 0 bridgehead atoms. The van der Waals surface area contributed by atoms with E-state index in [1.807, 2.05) is 38.1 Å². The van der Waals surface area contributed by atoms with E-state index in [-0.39, 0.29) is 5.92 Å². The predicted octanol–water partition coefficient (Wildman–Crippen LogP) is 6.00. The van der Waals surface area contributed by atoms with Gasteiger partial charge in [0.1, 0.15) is 0 Å². The van der Waals surface area contributed by atoms with Gasteiger partial charge in [0.25, 0.3) is 0 Å². The average Bonchev–Trinajstić information content (AvgIpc) is 2.83.